The van der Waals surface area contributed by atoms with Crippen molar-refractivity contribution in [2.75, 3.05) is 11.1 Å². The number of benzene rings is 1. The van der Waals surface area contributed by atoms with Gasteiger partial charge >= 0.3 is 6.61 Å². The molecule has 3 N–H and O–H groups in total. The van der Waals surface area contributed by atoms with Crippen LogP contribution in [0.5, 0.6) is 5.75 Å². The molecule has 2 aromatic rings. The highest BCUT2D eigenvalue weighted by Gasteiger charge is 2.12. The van der Waals surface area contributed by atoms with Gasteiger partial charge in [0.15, 0.2) is 5.82 Å². The van der Waals surface area contributed by atoms with Crippen LogP contribution >= 0.6 is 11.6 Å². The van der Waals surface area contributed by atoms with Crippen LogP contribution in [0.1, 0.15) is 0 Å². The van der Waals surface area contributed by atoms with Crippen LogP contribution in [0.4, 0.5) is 26.1 Å². The van der Waals surface area contributed by atoms with E-state index in [9.17, 15) is 8.78 Å². The fourth-order valence-electron chi connectivity index (χ4n) is 1.37. The topological polar surface area (TPSA) is 73.1 Å². The van der Waals surface area contributed by atoms with E-state index < -0.39 is 6.61 Å². The zero-order valence-corrected chi connectivity index (χ0v) is 10.2. The number of aromatic nitrogens is 2. The Balaban J connectivity index is 2.30. The molecule has 0 unspecified atom stereocenters. The maximum atomic E-state index is 12.3. The molecule has 0 fully saturated rings. The minimum Gasteiger partial charge on any atom is -0.433 e. The van der Waals surface area contributed by atoms with Crippen molar-refractivity contribution in [3.05, 3.63) is 35.6 Å². The molecule has 8 heteroatoms. The summed E-state index contributed by atoms with van der Waals surface area (Å²) in [7, 11) is 0. The number of rotatable bonds is 4. The Kier molecular flexibility index (Phi) is 3.96. The molecular formula is C11H9ClF2N4O. The van der Waals surface area contributed by atoms with E-state index in [1.165, 1.54) is 12.4 Å². The molecule has 2 rings (SSSR count). The van der Waals surface area contributed by atoms with Gasteiger partial charge in [0.05, 0.1) is 5.69 Å². The van der Waals surface area contributed by atoms with Crippen LogP contribution in [0.3, 0.4) is 0 Å². The second kappa shape index (κ2) is 5.66. The molecule has 0 amide bonds. The van der Waals surface area contributed by atoms with E-state index in [-0.39, 0.29) is 22.4 Å². The summed E-state index contributed by atoms with van der Waals surface area (Å²) in [4.78, 5) is 7.57. The van der Waals surface area contributed by atoms with Gasteiger partial charge < -0.3 is 15.8 Å². The highest BCUT2D eigenvalue weighted by Crippen LogP contribution is 2.31. The molecule has 100 valence electrons. The number of alkyl halides is 2. The molecule has 0 atom stereocenters. The fourth-order valence-corrected chi connectivity index (χ4v) is 1.51. The average molecular weight is 287 g/mol. The minimum absolute atomic E-state index is 0.0225. The van der Waals surface area contributed by atoms with Gasteiger partial charge in [-0.3, -0.25) is 0 Å². The third-order valence-corrected chi connectivity index (χ3v) is 2.55. The van der Waals surface area contributed by atoms with Crippen molar-refractivity contribution in [2.24, 2.45) is 0 Å². The molecule has 1 heterocycles. The van der Waals surface area contributed by atoms with Gasteiger partial charge in [-0.1, -0.05) is 23.7 Å². The van der Waals surface area contributed by atoms with Gasteiger partial charge in [0.1, 0.15) is 22.9 Å². The summed E-state index contributed by atoms with van der Waals surface area (Å²) >= 11 is 5.90. The number of nitrogens with two attached hydrogens (primary N) is 1. The van der Waals surface area contributed by atoms with Crippen molar-refractivity contribution < 1.29 is 13.5 Å². The number of nitrogens with zero attached hydrogens (tertiary/aromatic N) is 2. The summed E-state index contributed by atoms with van der Waals surface area (Å²) in [6.45, 7) is -2.92. The number of halogens is 3. The number of nitrogen functional groups attached to an aromatic ring is 1. The number of anilines is 3. The summed E-state index contributed by atoms with van der Waals surface area (Å²) in [6, 6.07) is 6.16. The summed E-state index contributed by atoms with van der Waals surface area (Å²) in [5.74, 6) is 0.275. The molecule has 0 aliphatic carbocycles. The van der Waals surface area contributed by atoms with Gasteiger partial charge in [-0.05, 0) is 12.1 Å². The van der Waals surface area contributed by atoms with Crippen LogP contribution < -0.4 is 15.8 Å². The summed E-state index contributed by atoms with van der Waals surface area (Å²) in [6.07, 6.45) is 1.21. The van der Waals surface area contributed by atoms with E-state index in [1.807, 2.05) is 0 Å². The lowest BCUT2D eigenvalue weighted by Crippen LogP contribution is -2.05. The first kappa shape index (κ1) is 13.3. The summed E-state index contributed by atoms with van der Waals surface area (Å²) in [5, 5.41) is 2.87. The monoisotopic (exact) mass is 286 g/mol. The van der Waals surface area contributed by atoms with Crippen LogP contribution in [-0.4, -0.2) is 16.6 Å². The van der Waals surface area contributed by atoms with Gasteiger partial charge in [-0.25, -0.2) is 9.97 Å². The Morgan fingerprint density at radius 1 is 1.26 bits per heavy atom. The van der Waals surface area contributed by atoms with Crippen LogP contribution in [-0.2, 0) is 0 Å². The van der Waals surface area contributed by atoms with Crippen molar-refractivity contribution in [1.29, 1.82) is 0 Å². The molecule has 0 saturated carbocycles. The molecular weight excluding hydrogens is 278 g/mol. The summed E-state index contributed by atoms with van der Waals surface area (Å²) in [5.41, 5.74) is 5.81. The molecule has 0 aliphatic heterocycles. The standard InChI is InChI=1S/C11H9ClF2N4O/c12-8-9(15)16-5-17-10(8)18-6-3-1-2-4-7(6)19-11(13)14/h1-5,11H,(H3,15,16,17,18). The lowest BCUT2D eigenvalue weighted by Gasteiger charge is -2.12. The van der Waals surface area contributed by atoms with E-state index in [2.05, 4.69) is 20.0 Å². The normalized spacial score (nSPS) is 10.5. The van der Waals surface area contributed by atoms with Crippen LogP contribution in [0.25, 0.3) is 0 Å². The van der Waals surface area contributed by atoms with Gasteiger partial charge in [-0.2, -0.15) is 8.78 Å². The quantitative estimate of drug-likeness (QED) is 0.903. The Morgan fingerprint density at radius 3 is 2.74 bits per heavy atom. The second-order valence-electron chi connectivity index (χ2n) is 3.42. The molecule has 0 radical (unpaired) electrons. The third kappa shape index (κ3) is 3.19. The predicted octanol–water partition coefficient (Wildman–Crippen LogP) is 3.06. The maximum absolute atomic E-state index is 12.3. The van der Waals surface area contributed by atoms with Crippen LogP contribution in [0.2, 0.25) is 5.02 Å². The zero-order valence-electron chi connectivity index (χ0n) is 9.48. The molecule has 19 heavy (non-hydrogen) atoms. The smallest absolute Gasteiger partial charge is 0.387 e. The van der Waals surface area contributed by atoms with Gasteiger partial charge in [-0.15, -0.1) is 0 Å². The molecule has 5 nitrogen and oxygen atoms in total. The number of para-hydroxylation sites is 2. The zero-order chi connectivity index (χ0) is 13.8. The number of ether oxygens (including phenoxy) is 1. The highest BCUT2D eigenvalue weighted by molar-refractivity contribution is 6.35. The Morgan fingerprint density at radius 2 is 2.00 bits per heavy atom. The lowest BCUT2D eigenvalue weighted by atomic mass is 10.3. The molecule has 0 aliphatic rings. The van der Waals surface area contributed by atoms with Gasteiger partial charge in [0.2, 0.25) is 0 Å². The number of hydrogen-bond acceptors (Lipinski definition) is 5. The number of nitrogens with one attached hydrogen (secondary N) is 1. The molecule has 1 aromatic carbocycles. The first-order chi connectivity index (χ1) is 9.08. The molecule has 0 saturated heterocycles. The van der Waals surface area contributed by atoms with E-state index >= 15 is 0 Å². The van der Waals surface area contributed by atoms with Crippen molar-refractivity contribution in [3.8, 4) is 5.75 Å². The van der Waals surface area contributed by atoms with E-state index in [0.29, 0.717) is 5.69 Å². The average Bonchev–Trinajstić information content (AvgIpc) is 2.36. The Labute approximate surface area is 112 Å². The SMILES string of the molecule is Nc1ncnc(Nc2ccccc2OC(F)F)c1Cl. The third-order valence-electron chi connectivity index (χ3n) is 2.17. The molecule has 0 bridgehead atoms. The minimum atomic E-state index is -2.92. The highest BCUT2D eigenvalue weighted by atomic mass is 35.5. The van der Waals surface area contributed by atoms with Crippen molar-refractivity contribution in [3.63, 3.8) is 0 Å². The summed E-state index contributed by atoms with van der Waals surface area (Å²) < 4.78 is 28.9. The van der Waals surface area contributed by atoms with Gasteiger partial charge in [0.25, 0.3) is 0 Å². The first-order valence-electron chi connectivity index (χ1n) is 5.14. The van der Waals surface area contributed by atoms with Crippen molar-refractivity contribution >= 4 is 28.9 Å². The van der Waals surface area contributed by atoms with Crippen LogP contribution in [0, 0.1) is 0 Å². The largest absolute Gasteiger partial charge is 0.433 e. The van der Waals surface area contributed by atoms with Crippen LogP contribution in [0.15, 0.2) is 30.6 Å². The Bertz CT molecular complexity index is 582. The molecule has 0 spiro atoms. The lowest BCUT2D eigenvalue weighted by molar-refractivity contribution is -0.0493. The van der Waals surface area contributed by atoms with Gasteiger partial charge in [0, 0.05) is 0 Å². The van der Waals surface area contributed by atoms with Crippen molar-refractivity contribution in [2.45, 2.75) is 6.61 Å². The maximum Gasteiger partial charge on any atom is 0.387 e. The number of hydrogen-bond donors (Lipinski definition) is 2. The van der Waals surface area contributed by atoms with E-state index in [1.54, 1.807) is 18.2 Å². The van der Waals surface area contributed by atoms with Crippen molar-refractivity contribution in [1.82, 2.24) is 9.97 Å². The van der Waals surface area contributed by atoms with E-state index in [4.69, 9.17) is 17.3 Å². The Hall–Kier alpha value is -2.15. The second-order valence-corrected chi connectivity index (χ2v) is 3.80. The molecule has 1 aromatic heterocycles. The predicted molar refractivity (Wildman–Crippen MR) is 67.8 cm³/mol. The fraction of sp³-hybridized carbons (Fsp3) is 0.0909. The first-order valence-corrected chi connectivity index (χ1v) is 5.52. The van der Waals surface area contributed by atoms with E-state index in [0.717, 1.165) is 0 Å².